The van der Waals surface area contributed by atoms with Gasteiger partial charge in [0.15, 0.2) is 0 Å². The van der Waals surface area contributed by atoms with Crippen LogP contribution in [0.1, 0.15) is 13.3 Å². The smallest absolute Gasteiger partial charge is 0.334 e. The summed E-state index contributed by atoms with van der Waals surface area (Å²) in [6.07, 6.45) is 0.610. The molecule has 1 saturated heterocycles. The van der Waals surface area contributed by atoms with E-state index in [0.29, 0.717) is 13.0 Å². The summed E-state index contributed by atoms with van der Waals surface area (Å²) in [6.45, 7) is 5.98. The summed E-state index contributed by atoms with van der Waals surface area (Å²) in [7, 11) is -3.17. The van der Waals surface area contributed by atoms with Crippen LogP contribution in [0.2, 0.25) is 0 Å². The third kappa shape index (κ3) is 3.04. The van der Waals surface area contributed by atoms with Gasteiger partial charge >= 0.3 is 5.97 Å². The zero-order valence-corrected chi connectivity index (χ0v) is 9.55. The fourth-order valence-corrected chi connectivity index (χ4v) is 2.89. The first-order chi connectivity index (χ1) is 6.97. The summed E-state index contributed by atoms with van der Waals surface area (Å²) in [5.74, 6) is -0.372. The monoisotopic (exact) mass is 233 g/mol. The first-order valence-electron chi connectivity index (χ1n) is 4.80. The third-order valence-electron chi connectivity index (χ3n) is 2.13. The van der Waals surface area contributed by atoms with Gasteiger partial charge in [0.1, 0.15) is 0 Å². The Labute approximate surface area is 89.8 Å². The molecular formula is C9H15NO4S. The van der Waals surface area contributed by atoms with Gasteiger partial charge in [0.05, 0.1) is 12.4 Å². The Morgan fingerprint density at radius 1 is 1.53 bits per heavy atom. The lowest BCUT2D eigenvalue weighted by atomic mass is 10.3. The Morgan fingerprint density at radius 2 is 2.20 bits per heavy atom. The van der Waals surface area contributed by atoms with Crippen molar-refractivity contribution in [3.63, 3.8) is 0 Å². The summed E-state index contributed by atoms with van der Waals surface area (Å²) in [6, 6.07) is 0. The highest BCUT2D eigenvalue weighted by molar-refractivity contribution is 7.89. The molecule has 0 N–H and O–H groups in total. The number of esters is 1. The third-order valence-corrected chi connectivity index (χ3v) is 4.04. The maximum Gasteiger partial charge on any atom is 0.334 e. The molecule has 0 bridgehead atoms. The average molecular weight is 233 g/mol. The molecule has 0 spiro atoms. The zero-order valence-electron chi connectivity index (χ0n) is 8.73. The minimum absolute atomic E-state index is 0.0428. The van der Waals surface area contributed by atoms with E-state index in [1.807, 2.05) is 0 Å². The molecule has 0 aromatic carbocycles. The van der Waals surface area contributed by atoms with Crippen molar-refractivity contribution < 1.29 is 17.9 Å². The largest absolute Gasteiger partial charge is 0.463 e. The number of ether oxygens (including phenoxy) is 1. The Kier molecular flexibility index (Phi) is 3.87. The summed E-state index contributed by atoms with van der Waals surface area (Å²) in [5.41, 5.74) is 0.183. The van der Waals surface area contributed by atoms with Gasteiger partial charge in [-0.2, -0.15) is 4.31 Å². The number of carbonyl (C=O) groups is 1. The summed E-state index contributed by atoms with van der Waals surface area (Å²) >= 11 is 0. The molecule has 1 rings (SSSR count). The van der Waals surface area contributed by atoms with E-state index in [9.17, 15) is 13.2 Å². The predicted molar refractivity (Wildman–Crippen MR) is 55.7 cm³/mol. The van der Waals surface area contributed by atoms with Gasteiger partial charge in [0.25, 0.3) is 0 Å². The van der Waals surface area contributed by atoms with Crippen LogP contribution in [0.3, 0.4) is 0 Å². The topological polar surface area (TPSA) is 63.7 Å². The molecule has 1 heterocycles. The van der Waals surface area contributed by atoms with Gasteiger partial charge in [-0.3, -0.25) is 0 Å². The molecule has 0 amide bonds. The summed E-state index contributed by atoms with van der Waals surface area (Å²) in [4.78, 5) is 11.2. The van der Waals surface area contributed by atoms with Gasteiger partial charge in [-0.05, 0) is 13.3 Å². The van der Waals surface area contributed by atoms with Gasteiger partial charge in [0, 0.05) is 18.7 Å². The molecule has 86 valence electrons. The van der Waals surface area contributed by atoms with Crippen molar-refractivity contribution in [3.8, 4) is 0 Å². The Bertz CT molecular complexity index is 360. The quantitative estimate of drug-likeness (QED) is 0.512. The lowest BCUT2D eigenvalue weighted by molar-refractivity contribution is -0.138. The number of hydrogen-bond acceptors (Lipinski definition) is 4. The van der Waals surface area contributed by atoms with E-state index in [0.717, 1.165) is 0 Å². The molecule has 5 nitrogen and oxygen atoms in total. The molecule has 0 atom stereocenters. The second-order valence-corrected chi connectivity index (χ2v) is 5.42. The van der Waals surface area contributed by atoms with Crippen molar-refractivity contribution in [2.75, 3.05) is 25.4 Å². The van der Waals surface area contributed by atoms with Crippen LogP contribution in [-0.2, 0) is 19.6 Å². The first kappa shape index (κ1) is 12.2. The fraction of sp³-hybridized carbons (Fsp3) is 0.667. The van der Waals surface area contributed by atoms with Gasteiger partial charge in [-0.1, -0.05) is 6.58 Å². The molecule has 1 fully saturated rings. The molecule has 1 aliphatic heterocycles. The van der Waals surface area contributed by atoms with Crippen molar-refractivity contribution in [3.05, 3.63) is 12.2 Å². The van der Waals surface area contributed by atoms with Gasteiger partial charge in [-0.25, -0.2) is 13.2 Å². The molecular weight excluding hydrogens is 218 g/mol. The van der Waals surface area contributed by atoms with Crippen LogP contribution in [0.25, 0.3) is 0 Å². The zero-order chi connectivity index (χ0) is 11.5. The van der Waals surface area contributed by atoms with E-state index >= 15 is 0 Å². The molecule has 6 heteroatoms. The van der Waals surface area contributed by atoms with Crippen LogP contribution >= 0.6 is 0 Å². The normalized spacial score (nSPS) is 20.1. The van der Waals surface area contributed by atoms with Crippen LogP contribution in [-0.4, -0.2) is 44.1 Å². The van der Waals surface area contributed by atoms with E-state index < -0.39 is 16.0 Å². The highest BCUT2D eigenvalue weighted by atomic mass is 32.2. The maximum atomic E-state index is 11.4. The Morgan fingerprint density at radius 3 is 2.67 bits per heavy atom. The van der Waals surface area contributed by atoms with E-state index in [4.69, 9.17) is 4.74 Å². The van der Waals surface area contributed by atoms with Crippen LogP contribution in [0, 0.1) is 0 Å². The lowest BCUT2D eigenvalue weighted by Crippen LogP contribution is -2.30. The van der Waals surface area contributed by atoms with Crippen molar-refractivity contribution in [2.45, 2.75) is 13.3 Å². The summed E-state index contributed by atoms with van der Waals surface area (Å²) < 4.78 is 28.8. The molecule has 0 saturated carbocycles. The Balaban J connectivity index is 2.55. The molecule has 0 radical (unpaired) electrons. The molecule has 1 aliphatic rings. The Hall–Kier alpha value is -0.880. The van der Waals surface area contributed by atoms with Gasteiger partial charge in [-0.15, -0.1) is 0 Å². The van der Waals surface area contributed by atoms with Crippen LogP contribution in [0.5, 0.6) is 0 Å². The van der Waals surface area contributed by atoms with Crippen LogP contribution in [0.15, 0.2) is 12.2 Å². The molecule has 0 aromatic rings. The van der Waals surface area contributed by atoms with Crippen molar-refractivity contribution in [2.24, 2.45) is 0 Å². The van der Waals surface area contributed by atoms with E-state index in [1.54, 1.807) is 6.92 Å². The minimum Gasteiger partial charge on any atom is -0.463 e. The second-order valence-electron chi connectivity index (χ2n) is 3.33. The highest BCUT2D eigenvalue weighted by Crippen LogP contribution is 2.15. The molecule has 15 heavy (non-hydrogen) atoms. The first-order valence-corrected chi connectivity index (χ1v) is 6.41. The van der Waals surface area contributed by atoms with Crippen molar-refractivity contribution >= 4 is 16.0 Å². The molecule has 0 aliphatic carbocycles. The second kappa shape index (κ2) is 4.76. The minimum atomic E-state index is -3.17. The summed E-state index contributed by atoms with van der Waals surface area (Å²) in [5, 5.41) is 0. The molecule has 0 aromatic heterocycles. The van der Waals surface area contributed by atoms with Crippen LogP contribution < -0.4 is 0 Å². The van der Waals surface area contributed by atoms with E-state index in [2.05, 4.69) is 6.58 Å². The van der Waals surface area contributed by atoms with Crippen molar-refractivity contribution in [1.29, 1.82) is 0 Å². The number of carbonyl (C=O) groups excluding carboxylic acids is 1. The number of hydrogen-bond donors (Lipinski definition) is 0. The number of sulfonamides is 1. The highest BCUT2D eigenvalue weighted by Gasteiger charge is 2.29. The van der Waals surface area contributed by atoms with Crippen LogP contribution in [0.4, 0.5) is 0 Å². The van der Waals surface area contributed by atoms with E-state index in [-0.39, 0.29) is 24.5 Å². The van der Waals surface area contributed by atoms with E-state index in [1.165, 1.54) is 4.31 Å². The SMILES string of the molecule is C=C(CN1CCCS1(=O)=O)C(=O)OCC. The number of nitrogens with zero attached hydrogens (tertiary/aromatic N) is 1. The number of rotatable bonds is 4. The van der Waals surface area contributed by atoms with Gasteiger partial charge < -0.3 is 4.74 Å². The predicted octanol–water partition coefficient (Wildman–Crippen LogP) is 0.141. The maximum absolute atomic E-state index is 11.4. The lowest BCUT2D eigenvalue weighted by Gasteiger charge is -2.14. The fourth-order valence-electron chi connectivity index (χ4n) is 1.38. The average Bonchev–Trinajstić information content (AvgIpc) is 2.46. The molecule has 0 unspecified atom stereocenters. The van der Waals surface area contributed by atoms with Crippen molar-refractivity contribution in [1.82, 2.24) is 4.31 Å². The standard InChI is InChI=1S/C9H15NO4S/c1-3-14-9(11)8(2)7-10-5-4-6-15(10,12)13/h2-7H2,1H3. The van der Waals surface area contributed by atoms with Gasteiger partial charge in [0.2, 0.25) is 10.0 Å².